The van der Waals surface area contributed by atoms with E-state index in [-0.39, 0.29) is 5.56 Å². The first-order valence-corrected chi connectivity index (χ1v) is 12.8. The van der Waals surface area contributed by atoms with Gasteiger partial charge in [0.2, 0.25) is 4.80 Å². The quantitative estimate of drug-likeness (QED) is 0.226. The molecule has 5 aromatic rings. The van der Waals surface area contributed by atoms with Gasteiger partial charge in [-0.2, -0.15) is 5.10 Å². The van der Waals surface area contributed by atoms with Crippen LogP contribution in [0, 0.1) is 0 Å². The SMILES string of the molecule is O=C(O)c1ccc(Cn2nc(-c3ccc(Oc4ccccc4)cc3)s/c2=N\c2ccc(Cl)c(Cl)c2)cc1. The van der Waals surface area contributed by atoms with Crippen molar-refractivity contribution in [3.63, 3.8) is 0 Å². The highest BCUT2D eigenvalue weighted by Gasteiger charge is 2.11. The van der Waals surface area contributed by atoms with Crippen molar-refractivity contribution >= 4 is 46.2 Å². The summed E-state index contributed by atoms with van der Waals surface area (Å²) in [5.41, 5.74) is 2.68. The van der Waals surface area contributed by atoms with Crippen molar-refractivity contribution in [1.29, 1.82) is 0 Å². The molecule has 0 atom stereocenters. The molecule has 0 unspecified atom stereocenters. The molecule has 0 aliphatic carbocycles. The van der Waals surface area contributed by atoms with Gasteiger partial charge in [-0.25, -0.2) is 14.5 Å². The molecule has 0 spiro atoms. The van der Waals surface area contributed by atoms with Crippen LogP contribution in [0.25, 0.3) is 10.6 Å². The Morgan fingerprint density at radius 1 is 0.892 bits per heavy atom. The van der Waals surface area contributed by atoms with Crippen molar-refractivity contribution in [2.75, 3.05) is 0 Å². The summed E-state index contributed by atoms with van der Waals surface area (Å²) >= 11 is 13.7. The van der Waals surface area contributed by atoms with Crippen molar-refractivity contribution in [3.05, 3.63) is 123 Å². The minimum absolute atomic E-state index is 0.228. The van der Waals surface area contributed by atoms with E-state index in [2.05, 4.69) is 0 Å². The molecule has 184 valence electrons. The Balaban J connectivity index is 1.49. The smallest absolute Gasteiger partial charge is 0.335 e. The van der Waals surface area contributed by atoms with Crippen LogP contribution < -0.4 is 9.54 Å². The normalized spacial score (nSPS) is 11.5. The number of benzene rings is 4. The van der Waals surface area contributed by atoms with Crippen LogP contribution in [-0.2, 0) is 6.54 Å². The van der Waals surface area contributed by atoms with Crippen molar-refractivity contribution in [2.24, 2.45) is 4.99 Å². The van der Waals surface area contributed by atoms with Gasteiger partial charge in [0.1, 0.15) is 16.5 Å². The van der Waals surface area contributed by atoms with Gasteiger partial charge in [0.15, 0.2) is 0 Å². The molecule has 4 aromatic carbocycles. The lowest BCUT2D eigenvalue weighted by Crippen LogP contribution is -2.17. The lowest BCUT2D eigenvalue weighted by molar-refractivity contribution is 0.0697. The molecule has 0 radical (unpaired) electrons. The fourth-order valence-electron chi connectivity index (χ4n) is 3.49. The van der Waals surface area contributed by atoms with E-state index in [1.807, 2.05) is 54.6 Å². The van der Waals surface area contributed by atoms with Gasteiger partial charge in [-0.15, -0.1) is 0 Å². The largest absolute Gasteiger partial charge is 0.478 e. The zero-order valence-electron chi connectivity index (χ0n) is 19.2. The van der Waals surface area contributed by atoms with Gasteiger partial charge in [0.05, 0.1) is 27.8 Å². The first-order chi connectivity index (χ1) is 17.9. The molecule has 0 bridgehead atoms. The molecule has 37 heavy (non-hydrogen) atoms. The first-order valence-electron chi connectivity index (χ1n) is 11.2. The highest BCUT2D eigenvalue weighted by molar-refractivity contribution is 7.12. The highest BCUT2D eigenvalue weighted by Crippen LogP contribution is 2.28. The molecule has 6 nitrogen and oxygen atoms in total. The summed E-state index contributed by atoms with van der Waals surface area (Å²) in [6.07, 6.45) is 0. The van der Waals surface area contributed by atoms with Crippen molar-refractivity contribution in [3.8, 4) is 22.1 Å². The number of hydrogen-bond donors (Lipinski definition) is 1. The number of carboxylic acid groups (broad SMARTS) is 1. The number of aromatic nitrogens is 2. The Morgan fingerprint density at radius 2 is 1.59 bits per heavy atom. The topological polar surface area (TPSA) is 76.7 Å². The summed E-state index contributed by atoms with van der Waals surface area (Å²) in [4.78, 5) is 16.6. The molecule has 1 heterocycles. The van der Waals surface area contributed by atoms with Crippen LogP contribution in [-0.4, -0.2) is 20.9 Å². The second kappa shape index (κ2) is 11.0. The third-order valence-electron chi connectivity index (χ3n) is 5.36. The maximum atomic E-state index is 11.2. The first kappa shape index (κ1) is 24.8. The van der Waals surface area contributed by atoms with Crippen LogP contribution in [0.3, 0.4) is 0 Å². The van der Waals surface area contributed by atoms with E-state index in [0.717, 1.165) is 27.6 Å². The third-order valence-corrected chi connectivity index (χ3v) is 7.10. The summed E-state index contributed by atoms with van der Waals surface area (Å²) < 4.78 is 7.68. The number of ether oxygens (including phenoxy) is 1. The maximum absolute atomic E-state index is 11.2. The average Bonchev–Trinajstić information content (AvgIpc) is 3.29. The predicted octanol–water partition coefficient (Wildman–Crippen LogP) is 7.69. The van der Waals surface area contributed by atoms with Gasteiger partial charge in [0, 0.05) is 5.56 Å². The predicted molar refractivity (Wildman–Crippen MR) is 146 cm³/mol. The second-order valence-corrected chi connectivity index (χ2v) is 9.77. The fraction of sp³-hybridized carbons (Fsp3) is 0.0357. The number of hydrogen-bond acceptors (Lipinski definition) is 5. The summed E-state index contributed by atoms with van der Waals surface area (Å²) in [6, 6.07) is 29.2. The van der Waals surface area contributed by atoms with Gasteiger partial charge in [0.25, 0.3) is 0 Å². The molecule has 5 rings (SSSR count). The van der Waals surface area contributed by atoms with Gasteiger partial charge in [-0.05, 0) is 72.3 Å². The van der Waals surface area contributed by atoms with Crippen molar-refractivity contribution in [2.45, 2.75) is 6.54 Å². The molecular formula is C28H19Cl2N3O3S. The number of rotatable bonds is 7. The zero-order valence-corrected chi connectivity index (χ0v) is 21.5. The van der Waals surface area contributed by atoms with Crippen LogP contribution in [0.15, 0.2) is 102 Å². The minimum Gasteiger partial charge on any atom is -0.478 e. The van der Waals surface area contributed by atoms with Crippen LogP contribution in [0.4, 0.5) is 5.69 Å². The molecule has 0 saturated heterocycles. The summed E-state index contributed by atoms with van der Waals surface area (Å²) in [7, 11) is 0. The van der Waals surface area contributed by atoms with E-state index < -0.39 is 5.97 Å². The molecule has 0 aliphatic rings. The van der Waals surface area contributed by atoms with Crippen LogP contribution in [0.1, 0.15) is 15.9 Å². The Hall–Kier alpha value is -3.91. The Bertz CT molecular complexity index is 1610. The number of para-hydroxylation sites is 1. The molecule has 0 fully saturated rings. The molecule has 0 aliphatic heterocycles. The number of halogens is 2. The molecule has 1 aromatic heterocycles. The number of carbonyl (C=O) groups is 1. The van der Waals surface area contributed by atoms with Gasteiger partial charge >= 0.3 is 5.97 Å². The highest BCUT2D eigenvalue weighted by atomic mass is 35.5. The van der Waals surface area contributed by atoms with Gasteiger partial charge in [-0.1, -0.05) is 64.9 Å². The van der Waals surface area contributed by atoms with Crippen molar-refractivity contribution in [1.82, 2.24) is 9.78 Å². The van der Waals surface area contributed by atoms with Crippen LogP contribution >= 0.6 is 34.5 Å². The third kappa shape index (κ3) is 6.09. The minimum atomic E-state index is -0.967. The van der Waals surface area contributed by atoms with E-state index >= 15 is 0 Å². The average molecular weight is 548 g/mol. The van der Waals surface area contributed by atoms with E-state index in [1.54, 1.807) is 47.1 Å². The van der Waals surface area contributed by atoms with E-state index in [4.69, 9.17) is 38.0 Å². The lowest BCUT2D eigenvalue weighted by Gasteiger charge is -2.05. The van der Waals surface area contributed by atoms with E-state index in [1.165, 1.54) is 11.3 Å². The lowest BCUT2D eigenvalue weighted by atomic mass is 10.1. The Morgan fingerprint density at radius 3 is 2.27 bits per heavy atom. The van der Waals surface area contributed by atoms with Crippen molar-refractivity contribution < 1.29 is 14.6 Å². The van der Waals surface area contributed by atoms with Crippen LogP contribution in [0.5, 0.6) is 11.5 Å². The molecular weight excluding hydrogens is 529 g/mol. The summed E-state index contributed by atoms with van der Waals surface area (Å²) in [5.74, 6) is 0.516. The number of nitrogens with zero attached hydrogens (tertiary/aromatic N) is 3. The standard InChI is InChI=1S/C28H19Cl2N3O3S/c29-24-15-12-21(16-25(24)30)31-28-33(17-18-6-8-20(9-7-18)27(34)35)32-26(37-28)19-10-13-23(14-11-19)36-22-4-2-1-3-5-22/h1-16H,17H2,(H,34,35)/b31-28-. The van der Waals surface area contributed by atoms with Gasteiger partial charge in [-0.3, -0.25) is 0 Å². The van der Waals surface area contributed by atoms with E-state index in [9.17, 15) is 9.90 Å². The Labute approximate surface area is 226 Å². The molecule has 0 amide bonds. The van der Waals surface area contributed by atoms with Crippen LogP contribution in [0.2, 0.25) is 10.0 Å². The molecule has 9 heteroatoms. The van der Waals surface area contributed by atoms with Gasteiger partial charge < -0.3 is 9.84 Å². The summed E-state index contributed by atoms with van der Waals surface area (Å²) in [6.45, 7) is 0.408. The number of carboxylic acids is 1. The number of aromatic carboxylic acids is 1. The fourth-order valence-corrected chi connectivity index (χ4v) is 4.71. The maximum Gasteiger partial charge on any atom is 0.335 e. The molecule has 1 N–H and O–H groups in total. The zero-order chi connectivity index (χ0) is 25.8. The summed E-state index contributed by atoms with van der Waals surface area (Å²) in [5, 5.41) is 15.6. The van der Waals surface area contributed by atoms with E-state index in [0.29, 0.717) is 27.1 Å². The Kier molecular flexibility index (Phi) is 7.37. The monoisotopic (exact) mass is 547 g/mol. The second-order valence-electron chi connectivity index (χ2n) is 8.00. The molecule has 0 saturated carbocycles.